The van der Waals surface area contributed by atoms with Gasteiger partial charge in [0.25, 0.3) is 10.1 Å². The minimum atomic E-state index is -3.53. The summed E-state index contributed by atoms with van der Waals surface area (Å²) in [5.74, 6) is -1.20. The van der Waals surface area contributed by atoms with E-state index in [9.17, 15) is 18.0 Å². The van der Waals surface area contributed by atoms with Crippen LogP contribution in [-0.4, -0.2) is 47.8 Å². The van der Waals surface area contributed by atoms with Crippen molar-refractivity contribution in [3.05, 3.63) is 0 Å². The first-order valence-electron chi connectivity index (χ1n) is 7.63. The average molecular weight is 458 g/mol. The van der Waals surface area contributed by atoms with Crippen LogP contribution in [0.1, 0.15) is 33.1 Å². The Morgan fingerprint density at radius 1 is 1.35 bits per heavy atom. The maximum atomic E-state index is 11.9. The summed E-state index contributed by atoms with van der Waals surface area (Å²) in [5, 5.41) is -0.449. The second kappa shape index (κ2) is 5.83. The molecule has 9 heteroatoms. The lowest BCUT2D eigenvalue weighted by atomic mass is 9.94. The van der Waals surface area contributed by atoms with Crippen molar-refractivity contribution in [1.29, 1.82) is 0 Å². The quantitative estimate of drug-likeness (QED) is 0.264. The molecule has 7 nitrogen and oxygen atoms in total. The summed E-state index contributed by atoms with van der Waals surface area (Å²) in [6, 6.07) is 0. The lowest BCUT2D eigenvalue weighted by Gasteiger charge is -2.25. The van der Waals surface area contributed by atoms with E-state index in [2.05, 4.69) is 0 Å². The smallest absolute Gasteiger partial charge is 0.344 e. The highest BCUT2D eigenvalue weighted by Crippen LogP contribution is 2.55. The van der Waals surface area contributed by atoms with Crippen molar-refractivity contribution in [2.45, 2.75) is 54.0 Å². The lowest BCUT2D eigenvalue weighted by molar-refractivity contribution is -0.167. The molecule has 6 unspecified atom stereocenters. The van der Waals surface area contributed by atoms with Gasteiger partial charge in [-0.1, -0.05) is 29.5 Å². The highest BCUT2D eigenvalue weighted by Gasteiger charge is 2.65. The number of halogens is 1. The molecule has 2 aliphatic carbocycles. The van der Waals surface area contributed by atoms with Crippen molar-refractivity contribution in [2.75, 3.05) is 6.61 Å². The fourth-order valence-electron chi connectivity index (χ4n) is 3.65. The lowest BCUT2D eigenvalue weighted by Crippen LogP contribution is -2.38. The molecule has 0 N–H and O–H groups in total. The predicted molar refractivity (Wildman–Crippen MR) is 87.3 cm³/mol. The van der Waals surface area contributed by atoms with E-state index < -0.39 is 49.5 Å². The van der Waals surface area contributed by atoms with Gasteiger partial charge in [-0.05, 0) is 26.2 Å². The molecule has 0 radical (unpaired) electrons. The highest BCUT2D eigenvalue weighted by molar-refractivity contribution is 14.1. The Bertz CT molecular complexity index is 629. The first-order chi connectivity index (χ1) is 10.7. The van der Waals surface area contributed by atoms with Gasteiger partial charge in [0.05, 0.1) is 5.25 Å². The van der Waals surface area contributed by atoms with Crippen molar-refractivity contribution >= 4 is 44.6 Å². The van der Waals surface area contributed by atoms with Gasteiger partial charge in [0.1, 0.15) is 15.6 Å². The monoisotopic (exact) mass is 458 g/mol. The first kappa shape index (κ1) is 17.4. The number of fused-ring (bicyclic) bond motifs is 1. The summed E-state index contributed by atoms with van der Waals surface area (Å²) in [6.07, 6.45) is 0.630. The molecular weight excluding hydrogens is 439 g/mol. The Morgan fingerprint density at radius 2 is 2.04 bits per heavy atom. The van der Waals surface area contributed by atoms with E-state index in [0.29, 0.717) is 19.3 Å². The molecule has 0 spiro atoms. The molecule has 0 amide bonds. The molecule has 3 aliphatic rings. The van der Waals surface area contributed by atoms with Crippen LogP contribution < -0.4 is 0 Å². The molecule has 2 bridgehead atoms. The largest absolute Gasteiger partial charge is 0.457 e. The van der Waals surface area contributed by atoms with E-state index >= 15 is 0 Å². The zero-order valence-corrected chi connectivity index (χ0v) is 15.8. The first-order valence-corrected chi connectivity index (χ1v) is 10.2. The number of rotatable bonds is 5. The minimum Gasteiger partial charge on any atom is -0.457 e. The van der Waals surface area contributed by atoms with Gasteiger partial charge in [0, 0.05) is 11.8 Å². The van der Waals surface area contributed by atoms with Crippen LogP contribution in [0.25, 0.3) is 0 Å². The van der Waals surface area contributed by atoms with Crippen LogP contribution in [-0.2, 0) is 33.4 Å². The van der Waals surface area contributed by atoms with Crippen LogP contribution in [0.3, 0.4) is 0 Å². The third kappa shape index (κ3) is 2.99. The SMILES string of the molecule is CCC(C)(I)C(=O)OCC(=O)OC1C2CC3C1OS(=O)(=O)C3C2. The van der Waals surface area contributed by atoms with Crippen molar-refractivity contribution in [2.24, 2.45) is 11.8 Å². The van der Waals surface area contributed by atoms with Gasteiger partial charge in [-0.25, -0.2) is 4.79 Å². The Labute approximate surface area is 148 Å². The van der Waals surface area contributed by atoms with Crippen molar-refractivity contribution in [3.8, 4) is 0 Å². The van der Waals surface area contributed by atoms with Gasteiger partial charge in [0.2, 0.25) is 0 Å². The number of hydrogen-bond acceptors (Lipinski definition) is 7. The Hall–Kier alpha value is -0.420. The van der Waals surface area contributed by atoms with Crippen LogP contribution in [0, 0.1) is 11.8 Å². The molecule has 0 aromatic carbocycles. The third-order valence-corrected chi connectivity index (χ3v) is 8.07. The molecule has 1 aliphatic heterocycles. The molecule has 1 saturated heterocycles. The zero-order chi connectivity index (χ0) is 17.0. The molecular formula is C14H19IO7S. The summed E-state index contributed by atoms with van der Waals surface area (Å²) < 4.78 is 38.5. The molecule has 6 atom stereocenters. The molecule has 2 saturated carbocycles. The molecule has 1 heterocycles. The van der Waals surface area contributed by atoms with Crippen molar-refractivity contribution < 1.29 is 31.7 Å². The van der Waals surface area contributed by atoms with Crippen LogP contribution in [0.2, 0.25) is 0 Å². The number of hydrogen-bond donors (Lipinski definition) is 0. The zero-order valence-electron chi connectivity index (χ0n) is 12.9. The molecule has 3 fully saturated rings. The van der Waals surface area contributed by atoms with Crippen LogP contribution in [0.5, 0.6) is 0 Å². The van der Waals surface area contributed by atoms with Gasteiger partial charge in [-0.2, -0.15) is 8.42 Å². The Balaban J connectivity index is 1.55. The van der Waals surface area contributed by atoms with Crippen LogP contribution >= 0.6 is 22.6 Å². The van der Waals surface area contributed by atoms with Crippen molar-refractivity contribution in [3.63, 3.8) is 0 Å². The van der Waals surface area contributed by atoms with Gasteiger partial charge in [-0.3, -0.25) is 8.98 Å². The van der Waals surface area contributed by atoms with Crippen LogP contribution in [0.4, 0.5) is 0 Å². The Kier molecular flexibility index (Phi) is 4.41. The fraction of sp³-hybridized carbons (Fsp3) is 0.857. The third-order valence-electron chi connectivity index (χ3n) is 5.09. The molecule has 130 valence electrons. The molecule has 3 rings (SSSR count). The maximum Gasteiger partial charge on any atom is 0.344 e. The molecule has 0 aromatic heterocycles. The van der Waals surface area contributed by atoms with Crippen LogP contribution in [0.15, 0.2) is 0 Å². The Morgan fingerprint density at radius 3 is 2.70 bits per heavy atom. The van der Waals surface area contributed by atoms with E-state index in [-0.39, 0.29) is 11.8 Å². The van der Waals surface area contributed by atoms with Gasteiger partial charge in [-0.15, -0.1) is 0 Å². The fourth-order valence-corrected chi connectivity index (χ4v) is 5.69. The van der Waals surface area contributed by atoms with Gasteiger partial charge < -0.3 is 9.47 Å². The van der Waals surface area contributed by atoms with E-state index in [1.165, 1.54) is 0 Å². The molecule has 23 heavy (non-hydrogen) atoms. The minimum absolute atomic E-state index is 0.0115. The number of ether oxygens (including phenoxy) is 2. The van der Waals surface area contributed by atoms with Gasteiger partial charge >= 0.3 is 11.9 Å². The predicted octanol–water partition coefficient (Wildman–Crippen LogP) is 1.18. The summed E-state index contributed by atoms with van der Waals surface area (Å²) in [5.41, 5.74) is 0. The van der Waals surface area contributed by atoms with E-state index in [1.807, 2.05) is 29.5 Å². The highest BCUT2D eigenvalue weighted by atomic mass is 127. The summed E-state index contributed by atoms with van der Waals surface area (Å²) in [7, 11) is -3.53. The number of carbonyl (C=O) groups excluding carboxylic acids is 2. The van der Waals surface area contributed by atoms with E-state index in [1.54, 1.807) is 6.92 Å². The summed E-state index contributed by atoms with van der Waals surface area (Å²) >= 11 is 1.98. The summed E-state index contributed by atoms with van der Waals surface area (Å²) in [4.78, 5) is 23.8. The number of carbonyl (C=O) groups is 2. The normalized spacial score (nSPS) is 39.0. The van der Waals surface area contributed by atoms with Gasteiger partial charge in [0.15, 0.2) is 6.61 Å². The van der Waals surface area contributed by atoms with Crippen molar-refractivity contribution in [1.82, 2.24) is 0 Å². The summed E-state index contributed by atoms with van der Waals surface area (Å²) in [6.45, 7) is 3.12. The number of esters is 2. The number of alkyl halides is 1. The average Bonchev–Trinajstić information content (AvgIpc) is 3.08. The standard InChI is InChI=1S/C14H19IO7S/c1-3-14(2,15)13(17)20-6-10(16)21-11-7-4-8-9(5-7)23(18,19)22-12(8)11/h7-9,11-12H,3-6H2,1-2H3. The topological polar surface area (TPSA) is 96.0 Å². The second-order valence-corrected chi connectivity index (χ2v) is 10.7. The second-order valence-electron chi connectivity index (χ2n) is 6.57. The molecule has 0 aromatic rings. The van der Waals surface area contributed by atoms with E-state index in [4.69, 9.17) is 13.7 Å². The van der Waals surface area contributed by atoms with E-state index in [0.717, 1.165) is 0 Å². The maximum absolute atomic E-state index is 11.9.